The lowest BCUT2D eigenvalue weighted by Gasteiger charge is -2.21. The van der Waals surface area contributed by atoms with E-state index >= 15 is 0 Å². The number of hydrogen-bond acceptors (Lipinski definition) is 4. The van der Waals surface area contributed by atoms with Crippen LogP contribution in [-0.2, 0) is 12.7 Å². The molecule has 2 aliphatic heterocycles. The van der Waals surface area contributed by atoms with Gasteiger partial charge in [0.1, 0.15) is 11.4 Å². The van der Waals surface area contributed by atoms with Crippen LogP contribution in [0.4, 0.5) is 18.0 Å². The van der Waals surface area contributed by atoms with Crippen molar-refractivity contribution in [1.29, 1.82) is 0 Å². The Morgan fingerprint density at radius 2 is 1.71 bits per heavy atom. The molecule has 2 aromatic heterocycles. The molecule has 0 N–H and O–H groups in total. The van der Waals surface area contributed by atoms with Gasteiger partial charge in [0.05, 0.1) is 17.0 Å². The first-order chi connectivity index (χ1) is 18.2. The zero-order valence-electron chi connectivity index (χ0n) is 20.2. The summed E-state index contributed by atoms with van der Waals surface area (Å²) in [6.45, 7) is 3.39. The maximum atomic E-state index is 13.0. The van der Waals surface area contributed by atoms with E-state index in [4.69, 9.17) is 9.72 Å². The van der Waals surface area contributed by atoms with E-state index in [0.717, 1.165) is 58.8 Å². The molecular formula is C28H24BrF3N4O2. The van der Waals surface area contributed by atoms with Crippen molar-refractivity contribution in [3.05, 3.63) is 88.7 Å². The average molecular weight is 585 g/mol. The molecule has 2 atom stereocenters. The van der Waals surface area contributed by atoms with E-state index in [0.29, 0.717) is 13.1 Å². The van der Waals surface area contributed by atoms with Crippen molar-refractivity contribution < 1.29 is 22.7 Å². The average Bonchev–Trinajstić information content (AvgIpc) is 3.56. The molecule has 38 heavy (non-hydrogen) atoms. The Bertz CT molecular complexity index is 1470. The van der Waals surface area contributed by atoms with E-state index in [2.05, 4.69) is 37.4 Å². The van der Waals surface area contributed by atoms with Crippen LogP contribution in [0.2, 0.25) is 0 Å². The number of alkyl halides is 3. The summed E-state index contributed by atoms with van der Waals surface area (Å²) in [6, 6.07) is 18.5. The Labute approximate surface area is 225 Å². The topological polar surface area (TPSA) is 50.1 Å². The fourth-order valence-corrected chi connectivity index (χ4v) is 5.78. The third kappa shape index (κ3) is 4.90. The molecule has 6 nitrogen and oxygen atoms in total. The summed E-state index contributed by atoms with van der Waals surface area (Å²) in [5.74, 6) is 0.454. The van der Waals surface area contributed by atoms with Crippen LogP contribution in [0.15, 0.2) is 77.4 Å². The Morgan fingerprint density at radius 3 is 2.42 bits per heavy atom. The van der Waals surface area contributed by atoms with Crippen molar-refractivity contribution in [3.63, 3.8) is 0 Å². The highest BCUT2D eigenvalue weighted by Gasteiger charge is 2.42. The third-order valence-electron chi connectivity index (χ3n) is 7.31. The van der Waals surface area contributed by atoms with Gasteiger partial charge in [-0.05, 0) is 54.3 Å². The van der Waals surface area contributed by atoms with E-state index in [1.165, 1.54) is 12.1 Å². The van der Waals surface area contributed by atoms with Crippen molar-refractivity contribution in [2.24, 2.45) is 11.8 Å². The molecule has 2 saturated heterocycles. The number of imidazole rings is 1. The first kappa shape index (κ1) is 24.9. The van der Waals surface area contributed by atoms with Gasteiger partial charge in [-0.3, -0.25) is 4.90 Å². The summed E-state index contributed by atoms with van der Waals surface area (Å²) in [6.07, 6.45) is -3.07. The van der Waals surface area contributed by atoms with Crippen LogP contribution in [-0.4, -0.2) is 51.5 Å². The Kier molecular flexibility index (Phi) is 6.39. The molecule has 4 aromatic rings. The highest BCUT2D eigenvalue weighted by Crippen LogP contribution is 2.35. The second kappa shape index (κ2) is 9.74. The predicted octanol–water partition coefficient (Wildman–Crippen LogP) is 6.35. The van der Waals surface area contributed by atoms with Crippen molar-refractivity contribution in [2.75, 3.05) is 26.2 Å². The number of benzene rings is 2. The number of aromatic nitrogens is 2. The first-order valence-electron chi connectivity index (χ1n) is 12.3. The minimum atomic E-state index is -4.49. The van der Waals surface area contributed by atoms with Gasteiger partial charge in [0, 0.05) is 49.0 Å². The number of likely N-dealkylation sites (tertiary alicyclic amines) is 2. The standard InChI is InChI=1S/C28H24BrF3N4O2/c29-22-9-7-18(8-10-22)26-24(36-11-2-1-6-25(36)33-26)17-34-13-19-15-35(16-20(19)14-34)27(37)38-23-5-3-4-21(12-23)28(30,31)32/h1-12,19-20H,13-17H2. The van der Waals surface area contributed by atoms with Crippen LogP contribution in [0.5, 0.6) is 5.75 Å². The normalized spacial score (nSPS) is 19.7. The number of halogens is 4. The van der Waals surface area contributed by atoms with Gasteiger partial charge in [0.15, 0.2) is 0 Å². The molecular weight excluding hydrogens is 561 g/mol. The van der Waals surface area contributed by atoms with E-state index in [9.17, 15) is 18.0 Å². The lowest BCUT2D eigenvalue weighted by Crippen LogP contribution is -2.35. The zero-order valence-corrected chi connectivity index (χ0v) is 21.8. The number of hydrogen-bond donors (Lipinski definition) is 0. The molecule has 0 saturated carbocycles. The van der Waals surface area contributed by atoms with Gasteiger partial charge in [-0.2, -0.15) is 13.2 Å². The van der Waals surface area contributed by atoms with Crippen molar-refractivity contribution in [3.8, 4) is 17.0 Å². The Morgan fingerprint density at radius 1 is 0.974 bits per heavy atom. The van der Waals surface area contributed by atoms with Gasteiger partial charge in [0.2, 0.25) is 0 Å². The third-order valence-corrected chi connectivity index (χ3v) is 7.84. The fraction of sp³-hybridized carbons (Fsp3) is 0.286. The maximum absolute atomic E-state index is 13.0. The van der Waals surface area contributed by atoms with Gasteiger partial charge >= 0.3 is 12.3 Å². The lowest BCUT2D eigenvalue weighted by atomic mass is 10.0. The minimum absolute atomic E-state index is 0.100. The number of rotatable bonds is 4. The van der Waals surface area contributed by atoms with E-state index in [1.807, 2.05) is 36.5 Å². The minimum Gasteiger partial charge on any atom is -0.410 e. The van der Waals surface area contributed by atoms with Crippen molar-refractivity contribution in [2.45, 2.75) is 12.7 Å². The summed E-state index contributed by atoms with van der Waals surface area (Å²) < 4.78 is 47.4. The SMILES string of the molecule is O=C(Oc1cccc(C(F)(F)F)c1)N1CC2CN(Cc3c(-c4ccc(Br)cc4)nc4ccccn34)CC2C1. The Balaban J connectivity index is 1.13. The first-order valence-corrected chi connectivity index (χ1v) is 13.1. The monoisotopic (exact) mass is 584 g/mol. The van der Waals surface area contributed by atoms with Gasteiger partial charge in [-0.25, -0.2) is 9.78 Å². The largest absolute Gasteiger partial charge is 0.416 e. The number of amides is 1. The quantitative estimate of drug-likeness (QED) is 0.281. The molecule has 2 aromatic carbocycles. The summed E-state index contributed by atoms with van der Waals surface area (Å²) in [4.78, 5) is 21.6. The number of pyridine rings is 1. The molecule has 0 radical (unpaired) electrons. The fourth-order valence-electron chi connectivity index (χ4n) is 5.52. The van der Waals surface area contributed by atoms with Gasteiger partial charge in [-0.1, -0.05) is 40.2 Å². The maximum Gasteiger partial charge on any atom is 0.416 e. The van der Waals surface area contributed by atoms with Crippen molar-refractivity contribution >= 4 is 27.7 Å². The summed E-state index contributed by atoms with van der Waals surface area (Å²) in [5, 5.41) is 0. The highest BCUT2D eigenvalue weighted by atomic mass is 79.9. The molecule has 1 amide bonds. The summed E-state index contributed by atoms with van der Waals surface area (Å²) in [5.41, 5.74) is 3.17. The molecule has 6 rings (SSSR count). The van der Waals surface area contributed by atoms with Gasteiger partial charge < -0.3 is 14.0 Å². The second-order valence-electron chi connectivity index (χ2n) is 9.86. The van der Waals surface area contributed by atoms with E-state index in [-0.39, 0.29) is 17.6 Å². The molecule has 2 fully saturated rings. The summed E-state index contributed by atoms with van der Waals surface area (Å²) >= 11 is 3.50. The molecule has 0 aliphatic carbocycles. The molecule has 2 aliphatic rings. The lowest BCUT2D eigenvalue weighted by molar-refractivity contribution is -0.137. The van der Waals surface area contributed by atoms with Gasteiger partial charge in [0.25, 0.3) is 0 Å². The van der Waals surface area contributed by atoms with Crippen LogP contribution in [0.3, 0.4) is 0 Å². The van der Waals surface area contributed by atoms with Crippen LogP contribution in [0.1, 0.15) is 11.3 Å². The number of ether oxygens (including phenoxy) is 1. The Hall–Kier alpha value is -3.37. The number of fused-ring (bicyclic) bond motifs is 2. The number of carbonyl (C=O) groups excluding carboxylic acids is 1. The molecule has 10 heteroatoms. The number of nitrogens with zero attached hydrogens (tertiary/aromatic N) is 4. The predicted molar refractivity (Wildman–Crippen MR) is 140 cm³/mol. The van der Waals surface area contributed by atoms with Crippen LogP contribution in [0.25, 0.3) is 16.9 Å². The smallest absolute Gasteiger partial charge is 0.410 e. The van der Waals surface area contributed by atoms with Crippen LogP contribution < -0.4 is 4.74 Å². The van der Waals surface area contributed by atoms with Crippen molar-refractivity contribution in [1.82, 2.24) is 19.2 Å². The summed E-state index contributed by atoms with van der Waals surface area (Å²) in [7, 11) is 0. The van der Waals surface area contributed by atoms with E-state index in [1.54, 1.807) is 4.90 Å². The number of carbonyl (C=O) groups is 1. The molecule has 0 bridgehead atoms. The second-order valence-corrected chi connectivity index (χ2v) is 10.8. The zero-order chi connectivity index (χ0) is 26.4. The molecule has 196 valence electrons. The van der Waals surface area contributed by atoms with Crippen LogP contribution >= 0.6 is 15.9 Å². The van der Waals surface area contributed by atoms with E-state index < -0.39 is 17.8 Å². The highest BCUT2D eigenvalue weighted by molar-refractivity contribution is 9.10. The molecule has 0 spiro atoms. The molecule has 4 heterocycles. The molecule has 2 unspecified atom stereocenters. The van der Waals surface area contributed by atoms with Gasteiger partial charge in [-0.15, -0.1) is 0 Å². The van der Waals surface area contributed by atoms with Crippen LogP contribution in [0, 0.1) is 11.8 Å².